The maximum Gasteiger partial charge on any atom is 0.128 e. The van der Waals surface area contributed by atoms with Gasteiger partial charge in [-0.2, -0.15) is 0 Å². The molecule has 0 bridgehead atoms. The van der Waals surface area contributed by atoms with Gasteiger partial charge in [0, 0.05) is 18.2 Å². The van der Waals surface area contributed by atoms with Crippen molar-refractivity contribution in [2.24, 2.45) is 0 Å². The number of nitrogens with zero attached hydrogens (tertiary/aromatic N) is 1. The van der Waals surface area contributed by atoms with Crippen molar-refractivity contribution in [3.63, 3.8) is 0 Å². The maximum atomic E-state index is 12.7. The number of halogens is 1. The predicted molar refractivity (Wildman–Crippen MR) is 58.2 cm³/mol. The molecule has 84 valence electrons. The van der Waals surface area contributed by atoms with Gasteiger partial charge < -0.3 is 9.84 Å². The topological polar surface area (TPSA) is 38.1 Å². The standard InChI is InChI=1S/C12H13FN2O/c1-9(11-2-4-12(13)5-3-11)14-6-10-7-15-16-8-10/h2-5,7-9,14H,6H2,1H3. The summed E-state index contributed by atoms with van der Waals surface area (Å²) in [5.74, 6) is -0.213. The van der Waals surface area contributed by atoms with Crippen molar-refractivity contribution >= 4 is 0 Å². The summed E-state index contributed by atoms with van der Waals surface area (Å²) < 4.78 is 17.4. The zero-order valence-electron chi connectivity index (χ0n) is 8.98. The summed E-state index contributed by atoms with van der Waals surface area (Å²) in [6.07, 6.45) is 3.27. The minimum atomic E-state index is -0.213. The van der Waals surface area contributed by atoms with E-state index in [0.29, 0.717) is 6.54 Å². The van der Waals surface area contributed by atoms with Crippen molar-refractivity contribution < 1.29 is 8.91 Å². The van der Waals surface area contributed by atoms with Crippen molar-refractivity contribution in [3.05, 3.63) is 53.7 Å². The smallest absolute Gasteiger partial charge is 0.128 e. The van der Waals surface area contributed by atoms with Gasteiger partial charge in [-0.1, -0.05) is 17.3 Å². The Morgan fingerprint density at radius 1 is 1.38 bits per heavy atom. The SMILES string of the molecule is CC(NCc1cnoc1)c1ccc(F)cc1. The Balaban J connectivity index is 1.93. The summed E-state index contributed by atoms with van der Waals surface area (Å²) in [6.45, 7) is 2.71. The molecule has 1 aromatic heterocycles. The van der Waals surface area contributed by atoms with Crippen LogP contribution >= 0.6 is 0 Å². The Morgan fingerprint density at radius 2 is 2.12 bits per heavy atom. The number of aromatic nitrogens is 1. The van der Waals surface area contributed by atoms with Crippen molar-refractivity contribution in [3.8, 4) is 0 Å². The Kier molecular flexibility index (Phi) is 3.31. The van der Waals surface area contributed by atoms with Gasteiger partial charge in [-0.3, -0.25) is 0 Å². The zero-order chi connectivity index (χ0) is 11.4. The van der Waals surface area contributed by atoms with Crippen LogP contribution in [0.25, 0.3) is 0 Å². The van der Waals surface area contributed by atoms with E-state index >= 15 is 0 Å². The van der Waals surface area contributed by atoms with Crippen LogP contribution in [0.4, 0.5) is 4.39 Å². The fraction of sp³-hybridized carbons (Fsp3) is 0.250. The highest BCUT2D eigenvalue weighted by atomic mass is 19.1. The lowest BCUT2D eigenvalue weighted by molar-refractivity contribution is 0.418. The number of hydrogen-bond acceptors (Lipinski definition) is 3. The second-order valence-corrected chi connectivity index (χ2v) is 3.69. The highest BCUT2D eigenvalue weighted by Gasteiger charge is 2.05. The minimum absolute atomic E-state index is 0.162. The predicted octanol–water partition coefficient (Wildman–Crippen LogP) is 2.66. The molecule has 0 fully saturated rings. The first-order valence-corrected chi connectivity index (χ1v) is 5.13. The van der Waals surface area contributed by atoms with Crippen LogP contribution in [0.3, 0.4) is 0 Å². The van der Waals surface area contributed by atoms with Gasteiger partial charge in [0.25, 0.3) is 0 Å². The van der Waals surface area contributed by atoms with Gasteiger partial charge in [-0.25, -0.2) is 4.39 Å². The summed E-state index contributed by atoms with van der Waals surface area (Å²) in [6, 6.07) is 6.65. The van der Waals surface area contributed by atoms with Crippen LogP contribution in [0.15, 0.2) is 41.2 Å². The van der Waals surface area contributed by atoms with Crippen LogP contribution in [0.5, 0.6) is 0 Å². The molecule has 16 heavy (non-hydrogen) atoms. The van der Waals surface area contributed by atoms with Crippen LogP contribution in [0.1, 0.15) is 24.1 Å². The molecule has 4 heteroatoms. The average molecular weight is 220 g/mol. The third kappa shape index (κ3) is 2.67. The molecule has 0 aliphatic heterocycles. The lowest BCUT2D eigenvalue weighted by Crippen LogP contribution is -2.17. The largest absolute Gasteiger partial charge is 0.364 e. The van der Waals surface area contributed by atoms with Crippen LogP contribution < -0.4 is 5.32 Å². The summed E-state index contributed by atoms with van der Waals surface area (Å²) in [7, 11) is 0. The van der Waals surface area contributed by atoms with E-state index in [1.807, 2.05) is 6.92 Å². The lowest BCUT2D eigenvalue weighted by Gasteiger charge is -2.13. The molecular weight excluding hydrogens is 207 g/mol. The molecule has 0 aliphatic carbocycles. The van der Waals surface area contributed by atoms with E-state index in [-0.39, 0.29) is 11.9 Å². The van der Waals surface area contributed by atoms with Crippen molar-refractivity contribution in [2.75, 3.05) is 0 Å². The maximum absolute atomic E-state index is 12.7. The average Bonchev–Trinajstić information content (AvgIpc) is 2.80. The van der Waals surface area contributed by atoms with E-state index in [9.17, 15) is 4.39 Å². The fourth-order valence-electron chi connectivity index (χ4n) is 1.45. The lowest BCUT2D eigenvalue weighted by atomic mass is 10.1. The fourth-order valence-corrected chi connectivity index (χ4v) is 1.45. The molecular formula is C12H13FN2O. The molecule has 2 aromatic rings. The van der Waals surface area contributed by atoms with Crippen molar-refractivity contribution in [2.45, 2.75) is 19.5 Å². The Bertz CT molecular complexity index is 425. The molecule has 0 spiro atoms. The van der Waals surface area contributed by atoms with E-state index in [1.54, 1.807) is 24.6 Å². The van der Waals surface area contributed by atoms with Crippen LogP contribution in [-0.2, 0) is 6.54 Å². The monoisotopic (exact) mass is 220 g/mol. The van der Waals surface area contributed by atoms with Gasteiger partial charge in [-0.15, -0.1) is 0 Å². The Labute approximate surface area is 93.3 Å². The van der Waals surface area contributed by atoms with Gasteiger partial charge >= 0.3 is 0 Å². The molecule has 1 N–H and O–H groups in total. The van der Waals surface area contributed by atoms with Crippen molar-refractivity contribution in [1.29, 1.82) is 0 Å². The summed E-state index contributed by atoms with van der Waals surface area (Å²) in [5.41, 5.74) is 2.05. The molecule has 1 atom stereocenters. The molecule has 1 aromatic carbocycles. The number of hydrogen-bond donors (Lipinski definition) is 1. The highest BCUT2D eigenvalue weighted by molar-refractivity contribution is 5.19. The van der Waals surface area contributed by atoms with E-state index in [1.165, 1.54) is 12.1 Å². The van der Waals surface area contributed by atoms with Gasteiger partial charge in [0.05, 0.1) is 6.20 Å². The molecule has 1 heterocycles. The normalized spacial score (nSPS) is 12.6. The van der Waals surface area contributed by atoms with E-state index in [4.69, 9.17) is 4.52 Å². The highest BCUT2D eigenvalue weighted by Crippen LogP contribution is 2.13. The summed E-state index contributed by atoms with van der Waals surface area (Å²) in [5, 5.41) is 6.92. The van der Waals surface area contributed by atoms with Crippen LogP contribution in [-0.4, -0.2) is 5.16 Å². The molecule has 0 radical (unpaired) electrons. The minimum Gasteiger partial charge on any atom is -0.364 e. The third-order valence-electron chi connectivity index (χ3n) is 2.47. The van der Waals surface area contributed by atoms with Gasteiger partial charge in [-0.05, 0) is 24.6 Å². The van der Waals surface area contributed by atoms with Crippen LogP contribution in [0, 0.1) is 5.82 Å². The van der Waals surface area contributed by atoms with Gasteiger partial charge in [0.2, 0.25) is 0 Å². The number of rotatable bonds is 4. The molecule has 0 saturated heterocycles. The van der Waals surface area contributed by atoms with E-state index < -0.39 is 0 Å². The van der Waals surface area contributed by atoms with Crippen molar-refractivity contribution in [1.82, 2.24) is 10.5 Å². The number of nitrogens with one attached hydrogen (secondary N) is 1. The van der Waals surface area contributed by atoms with E-state index in [0.717, 1.165) is 11.1 Å². The molecule has 1 unspecified atom stereocenters. The third-order valence-corrected chi connectivity index (χ3v) is 2.47. The zero-order valence-corrected chi connectivity index (χ0v) is 8.98. The molecule has 0 aliphatic rings. The summed E-state index contributed by atoms with van der Waals surface area (Å²) in [4.78, 5) is 0. The van der Waals surface area contributed by atoms with E-state index in [2.05, 4.69) is 10.5 Å². The molecule has 2 rings (SSSR count). The first-order valence-electron chi connectivity index (χ1n) is 5.13. The quantitative estimate of drug-likeness (QED) is 0.860. The molecule has 0 amide bonds. The van der Waals surface area contributed by atoms with Gasteiger partial charge in [0.1, 0.15) is 12.1 Å². The second kappa shape index (κ2) is 4.90. The first-order chi connectivity index (χ1) is 7.75. The second-order valence-electron chi connectivity index (χ2n) is 3.69. The number of benzene rings is 1. The Morgan fingerprint density at radius 3 is 2.75 bits per heavy atom. The Hall–Kier alpha value is -1.68. The van der Waals surface area contributed by atoms with Crippen LogP contribution in [0.2, 0.25) is 0 Å². The molecule has 0 saturated carbocycles. The molecule has 3 nitrogen and oxygen atoms in total. The summed E-state index contributed by atoms with van der Waals surface area (Å²) >= 11 is 0. The first kappa shape index (κ1) is 10.8. The van der Waals surface area contributed by atoms with Gasteiger partial charge in [0.15, 0.2) is 0 Å².